The number of hydrogen-bond acceptors (Lipinski definition) is 4. The highest BCUT2D eigenvalue weighted by Crippen LogP contribution is 2.18. The summed E-state index contributed by atoms with van der Waals surface area (Å²) in [7, 11) is -3.57. The number of carbonyl (C=O) groups is 1. The highest BCUT2D eigenvalue weighted by atomic mass is 35.5. The second kappa shape index (κ2) is 9.69. The fraction of sp³-hybridized carbons (Fsp3) is 0.500. The van der Waals surface area contributed by atoms with Crippen molar-refractivity contribution in [3.8, 4) is 0 Å². The van der Waals surface area contributed by atoms with Crippen LogP contribution in [0.5, 0.6) is 0 Å². The SMILES string of the molecule is CCCCC(CN)NC(=O)c1cc(F)ccc1NS(C)(=O)=O.Cl. The Balaban J connectivity index is 0.00000484. The van der Waals surface area contributed by atoms with Crippen molar-refractivity contribution in [3.05, 3.63) is 29.6 Å². The summed E-state index contributed by atoms with van der Waals surface area (Å²) in [6.07, 6.45) is 3.54. The van der Waals surface area contributed by atoms with E-state index in [-0.39, 0.29) is 36.2 Å². The minimum Gasteiger partial charge on any atom is -0.348 e. The molecule has 1 amide bonds. The van der Waals surface area contributed by atoms with Crippen molar-refractivity contribution in [3.63, 3.8) is 0 Å². The van der Waals surface area contributed by atoms with Crippen LogP contribution in [0.15, 0.2) is 18.2 Å². The number of nitrogens with two attached hydrogens (primary N) is 1. The summed E-state index contributed by atoms with van der Waals surface area (Å²) in [5.74, 6) is -1.18. The van der Waals surface area contributed by atoms with Crippen molar-refractivity contribution in [1.82, 2.24) is 5.32 Å². The van der Waals surface area contributed by atoms with Crippen LogP contribution in [0.3, 0.4) is 0 Å². The number of anilines is 1. The molecule has 0 aliphatic heterocycles. The largest absolute Gasteiger partial charge is 0.348 e. The maximum atomic E-state index is 13.4. The summed E-state index contributed by atoms with van der Waals surface area (Å²) in [4.78, 5) is 12.3. The smallest absolute Gasteiger partial charge is 0.253 e. The number of amides is 1. The molecule has 0 aliphatic carbocycles. The third-order valence-electron chi connectivity index (χ3n) is 3.05. The van der Waals surface area contributed by atoms with Gasteiger partial charge in [0.15, 0.2) is 0 Å². The van der Waals surface area contributed by atoms with Crippen molar-refractivity contribution < 1.29 is 17.6 Å². The van der Waals surface area contributed by atoms with Gasteiger partial charge in [0.25, 0.3) is 5.91 Å². The maximum absolute atomic E-state index is 13.4. The predicted octanol–water partition coefficient (Wildman–Crippen LogP) is 1.87. The standard InChI is InChI=1S/C14H22FN3O3S.ClH/c1-3-4-5-11(9-16)17-14(19)12-8-10(15)6-7-13(12)18-22(2,20)21;/h6-8,11,18H,3-5,9,16H2,1-2H3,(H,17,19);1H. The summed E-state index contributed by atoms with van der Waals surface area (Å²) in [6, 6.07) is 3.06. The maximum Gasteiger partial charge on any atom is 0.253 e. The lowest BCUT2D eigenvalue weighted by Gasteiger charge is -2.18. The first-order valence-corrected chi connectivity index (χ1v) is 8.94. The van der Waals surface area contributed by atoms with Crippen LogP contribution in [0.1, 0.15) is 36.5 Å². The highest BCUT2D eigenvalue weighted by Gasteiger charge is 2.18. The van der Waals surface area contributed by atoms with E-state index in [1.54, 1.807) is 0 Å². The van der Waals surface area contributed by atoms with Gasteiger partial charge in [-0.25, -0.2) is 12.8 Å². The number of rotatable bonds is 8. The van der Waals surface area contributed by atoms with Crippen molar-refractivity contribution in [2.24, 2.45) is 5.73 Å². The Morgan fingerprint density at radius 3 is 2.57 bits per heavy atom. The van der Waals surface area contributed by atoms with E-state index in [1.807, 2.05) is 6.92 Å². The minimum absolute atomic E-state index is 0. The summed E-state index contributed by atoms with van der Waals surface area (Å²) in [5, 5.41) is 2.71. The average molecular weight is 368 g/mol. The van der Waals surface area contributed by atoms with E-state index in [0.29, 0.717) is 6.42 Å². The van der Waals surface area contributed by atoms with E-state index >= 15 is 0 Å². The predicted molar refractivity (Wildman–Crippen MR) is 91.9 cm³/mol. The number of halogens is 2. The van der Waals surface area contributed by atoms with Gasteiger partial charge in [-0.1, -0.05) is 19.8 Å². The quantitative estimate of drug-likeness (QED) is 0.652. The van der Waals surface area contributed by atoms with Crippen LogP contribution in [0.2, 0.25) is 0 Å². The summed E-state index contributed by atoms with van der Waals surface area (Å²) in [6.45, 7) is 2.28. The molecule has 1 atom stereocenters. The molecule has 1 unspecified atom stereocenters. The zero-order valence-electron chi connectivity index (χ0n) is 13.1. The topological polar surface area (TPSA) is 101 Å². The van der Waals surface area contributed by atoms with E-state index in [0.717, 1.165) is 31.2 Å². The van der Waals surface area contributed by atoms with Crippen molar-refractivity contribution >= 4 is 34.0 Å². The Kier molecular flexibility index (Phi) is 9.11. The van der Waals surface area contributed by atoms with Gasteiger partial charge in [-0.3, -0.25) is 9.52 Å². The lowest BCUT2D eigenvalue weighted by molar-refractivity contribution is 0.0936. The van der Waals surface area contributed by atoms with Gasteiger partial charge in [0.1, 0.15) is 5.82 Å². The van der Waals surface area contributed by atoms with Crippen LogP contribution in [0, 0.1) is 5.82 Å². The molecule has 1 aromatic carbocycles. The van der Waals surface area contributed by atoms with Crippen LogP contribution < -0.4 is 15.8 Å². The Morgan fingerprint density at radius 1 is 1.39 bits per heavy atom. The molecule has 0 bridgehead atoms. The van der Waals surface area contributed by atoms with Crippen LogP contribution >= 0.6 is 12.4 Å². The molecule has 1 rings (SSSR count). The lowest BCUT2D eigenvalue weighted by atomic mass is 10.1. The molecule has 9 heteroatoms. The van der Waals surface area contributed by atoms with Crippen molar-refractivity contribution in [1.29, 1.82) is 0 Å². The van der Waals surface area contributed by atoms with E-state index in [2.05, 4.69) is 10.0 Å². The molecule has 0 saturated carbocycles. The van der Waals surface area contributed by atoms with E-state index in [9.17, 15) is 17.6 Å². The van der Waals surface area contributed by atoms with Gasteiger partial charge in [-0.2, -0.15) is 0 Å². The first kappa shape index (κ1) is 21.6. The molecule has 0 saturated heterocycles. The second-order valence-corrected chi connectivity index (χ2v) is 6.86. The molecule has 4 N–H and O–H groups in total. The first-order chi connectivity index (χ1) is 10.3. The van der Waals surface area contributed by atoms with Gasteiger partial charge in [-0.05, 0) is 24.6 Å². The zero-order valence-corrected chi connectivity index (χ0v) is 14.8. The highest BCUT2D eigenvalue weighted by molar-refractivity contribution is 7.92. The van der Waals surface area contributed by atoms with Crippen molar-refractivity contribution in [2.75, 3.05) is 17.5 Å². The number of carbonyl (C=O) groups excluding carboxylic acids is 1. The Morgan fingerprint density at radius 2 is 2.04 bits per heavy atom. The van der Waals surface area contributed by atoms with Gasteiger partial charge in [-0.15, -0.1) is 12.4 Å². The second-order valence-electron chi connectivity index (χ2n) is 5.11. The van der Waals surface area contributed by atoms with Gasteiger partial charge >= 0.3 is 0 Å². The van der Waals surface area contributed by atoms with E-state index < -0.39 is 21.7 Å². The van der Waals surface area contributed by atoms with Gasteiger partial charge in [0.05, 0.1) is 17.5 Å². The molecule has 0 fully saturated rings. The molecule has 1 aromatic rings. The van der Waals surface area contributed by atoms with Gasteiger partial charge in [0, 0.05) is 12.6 Å². The number of unbranched alkanes of at least 4 members (excludes halogenated alkanes) is 1. The summed E-state index contributed by atoms with van der Waals surface area (Å²) >= 11 is 0. The first-order valence-electron chi connectivity index (χ1n) is 7.05. The third kappa shape index (κ3) is 7.62. The van der Waals surface area contributed by atoms with Gasteiger partial charge in [0.2, 0.25) is 10.0 Å². The van der Waals surface area contributed by atoms with Crippen LogP contribution in [0.25, 0.3) is 0 Å². The Hall–Kier alpha value is -1.38. The summed E-state index contributed by atoms with van der Waals surface area (Å²) in [5.41, 5.74) is 5.58. The number of benzene rings is 1. The number of sulfonamides is 1. The molecule has 0 spiro atoms. The molecule has 23 heavy (non-hydrogen) atoms. The molecule has 0 aromatic heterocycles. The van der Waals surface area contributed by atoms with E-state index in [1.165, 1.54) is 6.07 Å². The van der Waals surface area contributed by atoms with Crippen LogP contribution in [0.4, 0.5) is 10.1 Å². The van der Waals surface area contributed by atoms with E-state index in [4.69, 9.17) is 5.73 Å². The van der Waals surface area contributed by atoms with Gasteiger partial charge < -0.3 is 11.1 Å². The normalized spacial score (nSPS) is 12.2. The number of hydrogen-bond donors (Lipinski definition) is 3. The van der Waals surface area contributed by atoms with Crippen LogP contribution in [-0.2, 0) is 10.0 Å². The molecule has 6 nitrogen and oxygen atoms in total. The average Bonchev–Trinajstić information content (AvgIpc) is 2.43. The fourth-order valence-electron chi connectivity index (χ4n) is 1.96. The molecular weight excluding hydrogens is 345 g/mol. The third-order valence-corrected chi connectivity index (χ3v) is 3.64. The molecule has 0 radical (unpaired) electrons. The Labute approximate surface area is 142 Å². The minimum atomic E-state index is -3.57. The zero-order chi connectivity index (χ0) is 16.8. The van der Waals surface area contributed by atoms with Crippen molar-refractivity contribution in [2.45, 2.75) is 32.2 Å². The van der Waals surface area contributed by atoms with Crippen LogP contribution in [-0.4, -0.2) is 33.2 Å². The number of nitrogens with one attached hydrogen (secondary N) is 2. The summed E-state index contributed by atoms with van der Waals surface area (Å²) < 4.78 is 38.2. The molecule has 132 valence electrons. The molecule has 0 heterocycles. The monoisotopic (exact) mass is 367 g/mol. The molecular formula is C14H23ClFN3O3S. The Bertz CT molecular complexity index is 626. The molecule has 0 aliphatic rings. The fourth-order valence-corrected chi connectivity index (χ4v) is 2.53. The lowest BCUT2D eigenvalue weighted by Crippen LogP contribution is -2.40.